The monoisotopic (exact) mass is 213 g/mol. The van der Waals surface area contributed by atoms with Crippen LogP contribution < -0.4 is 0 Å². The van der Waals surface area contributed by atoms with Crippen LogP contribution in [0.2, 0.25) is 0 Å². The molecule has 14 heavy (non-hydrogen) atoms. The normalized spacial score (nSPS) is 22.0. The number of rotatable bonds is 2. The number of alkyl halides is 4. The van der Waals surface area contributed by atoms with Gasteiger partial charge in [-0.15, -0.1) is 0 Å². The lowest BCUT2D eigenvalue weighted by Gasteiger charge is -2.30. The zero-order valence-electron chi connectivity index (χ0n) is 7.48. The fraction of sp³-hybridized carbons (Fsp3) is 0.750. The summed E-state index contributed by atoms with van der Waals surface area (Å²) in [6.07, 6.45) is -6.82. The number of morpholine rings is 1. The summed E-state index contributed by atoms with van der Waals surface area (Å²) >= 11 is 0. The molecule has 0 aliphatic carbocycles. The molecule has 0 saturated carbocycles. The van der Waals surface area contributed by atoms with Gasteiger partial charge in [0.05, 0.1) is 18.8 Å². The van der Waals surface area contributed by atoms with Crippen molar-refractivity contribution >= 4 is 0 Å². The van der Waals surface area contributed by atoms with E-state index < -0.39 is 18.0 Å². The highest BCUT2D eigenvalue weighted by molar-refractivity contribution is 5.08. The van der Waals surface area contributed by atoms with Crippen LogP contribution in [0.15, 0.2) is 12.2 Å². The molecule has 0 N–H and O–H groups in total. The first kappa shape index (κ1) is 11.5. The van der Waals surface area contributed by atoms with Crippen molar-refractivity contribution in [3.8, 4) is 0 Å². The van der Waals surface area contributed by atoms with Crippen molar-refractivity contribution in [3.05, 3.63) is 12.2 Å². The Kier molecular flexibility index (Phi) is 3.49. The van der Waals surface area contributed by atoms with Gasteiger partial charge in [-0.25, -0.2) is 4.39 Å². The van der Waals surface area contributed by atoms with Gasteiger partial charge in [-0.1, -0.05) is 6.58 Å². The molecule has 1 fully saturated rings. The first-order valence-corrected chi connectivity index (χ1v) is 4.15. The van der Waals surface area contributed by atoms with Gasteiger partial charge in [-0.05, 0) is 0 Å². The van der Waals surface area contributed by atoms with Gasteiger partial charge in [0.2, 0.25) is 0 Å². The van der Waals surface area contributed by atoms with Gasteiger partial charge in [-0.3, -0.25) is 4.90 Å². The Balaban J connectivity index is 2.55. The van der Waals surface area contributed by atoms with E-state index >= 15 is 0 Å². The highest BCUT2D eigenvalue weighted by atomic mass is 19.4. The summed E-state index contributed by atoms with van der Waals surface area (Å²) < 4.78 is 54.3. The summed E-state index contributed by atoms with van der Waals surface area (Å²) in [5.74, 6) is 0. The summed E-state index contributed by atoms with van der Waals surface area (Å²) in [5, 5.41) is 0. The van der Waals surface area contributed by atoms with Crippen LogP contribution in [0.25, 0.3) is 0 Å². The molecule has 0 aromatic heterocycles. The minimum Gasteiger partial charge on any atom is -0.379 e. The van der Waals surface area contributed by atoms with Crippen molar-refractivity contribution in [2.24, 2.45) is 0 Å². The lowest BCUT2D eigenvalue weighted by Crippen LogP contribution is -2.44. The lowest BCUT2D eigenvalue weighted by molar-refractivity contribution is -0.116. The molecule has 1 unspecified atom stereocenters. The molecule has 1 atom stereocenters. The Morgan fingerprint density at radius 3 is 2.21 bits per heavy atom. The maximum atomic E-state index is 13.2. The van der Waals surface area contributed by atoms with Crippen molar-refractivity contribution < 1.29 is 22.3 Å². The van der Waals surface area contributed by atoms with Gasteiger partial charge in [0, 0.05) is 13.1 Å². The van der Waals surface area contributed by atoms with E-state index in [-0.39, 0.29) is 26.3 Å². The highest BCUT2D eigenvalue weighted by Gasteiger charge is 2.40. The summed E-state index contributed by atoms with van der Waals surface area (Å²) in [4.78, 5) is 1.07. The van der Waals surface area contributed by atoms with Crippen LogP contribution >= 0.6 is 0 Å². The Morgan fingerprint density at radius 2 is 1.79 bits per heavy atom. The molecule has 1 aliphatic heterocycles. The molecule has 0 bridgehead atoms. The van der Waals surface area contributed by atoms with E-state index in [0.717, 1.165) is 4.90 Å². The van der Waals surface area contributed by atoms with E-state index in [9.17, 15) is 17.6 Å². The van der Waals surface area contributed by atoms with E-state index in [1.165, 1.54) is 0 Å². The van der Waals surface area contributed by atoms with E-state index in [1.54, 1.807) is 0 Å². The largest absolute Gasteiger partial charge is 0.416 e. The molecule has 0 amide bonds. The second kappa shape index (κ2) is 4.27. The van der Waals surface area contributed by atoms with E-state index in [0.29, 0.717) is 0 Å². The number of hydrogen-bond acceptors (Lipinski definition) is 2. The third kappa shape index (κ3) is 2.68. The van der Waals surface area contributed by atoms with Gasteiger partial charge in [0.25, 0.3) is 0 Å². The molecular weight excluding hydrogens is 202 g/mol. The third-order valence-electron chi connectivity index (χ3n) is 2.02. The molecule has 2 nitrogen and oxygen atoms in total. The second-order valence-corrected chi connectivity index (χ2v) is 3.01. The minimum atomic E-state index is -4.67. The smallest absolute Gasteiger partial charge is 0.379 e. The van der Waals surface area contributed by atoms with Crippen LogP contribution in [0.5, 0.6) is 0 Å². The molecule has 0 radical (unpaired) electrons. The minimum absolute atomic E-state index is 0.163. The molecular formula is C8H11F4NO. The van der Waals surface area contributed by atoms with Crippen molar-refractivity contribution in [3.63, 3.8) is 0 Å². The maximum absolute atomic E-state index is 13.2. The average molecular weight is 213 g/mol. The quantitative estimate of drug-likeness (QED) is 0.393. The van der Waals surface area contributed by atoms with Crippen molar-refractivity contribution in [1.29, 1.82) is 0 Å². The van der Waals surface area contributed by atoms with Crippen LogP contribution in [-0.4, -0.2) is 43.7 Å². The third-order valence-corrected chi connectivity index (χ3v) is 2.02. The Morgan fingerprint density at radius 1 is 1.29 bits per heavy atom. The molecule has 1 heterocycles. The van der Waals surface area contributed by atoms with Crippen LogP contribution in [0.4, 0.5) is 17.6 Å². The van der Waals surface area contributed by atoms with Gasteiger partial charge >= 0.3 is 6.18 Å². The number of nitrogens with zero attached hydrogens (tertiary/aromatic N) is 1. The predicted octanol–water partition coefficient (Wildman–Crippen LogP) is 1.73. The van der Waals surface area contributed by atoms with Crippen molar-refractivity contribution in [2.75, 3.05) is 26.3 Å². The molecule has 6 heteroatoms. The lowest BCUT2D eigenvalue weighted by atomic mass is 10.2. The fourth-order valence-electron chi connectivity index (χ4n) is 1.16. The van der Waals surface area contributed by atoms with Crippen LogP contribution in [0.3, 0.4) is 0 Å². The number of halogens is 4. The van der Waals surface area contributed by atoms with Crippen LogP contribution in [0.1, 0.15) is 0 Å². The summed E-state index contributed by atoms with van der Waals surface area (Å²) in [5.41, 5.74) is -1.35. The highest BCUT2D eigenvalue weighted by Crippen LogP contribution is 2.29. The van der Waals surface area contributed by atoms with Gasteiger partial charge in [0.1, 0.15) is 0 Å². The first-order chi connectivity index (χ1) is 6.43. The molecule has 1 aliphatic rings. The summed E-state index contributed by atoms with van der Waals surface area (Å²) in [6, 6.07) is 0. The van der Waals surface area contributed by atoms with Crippen molar-refractivity contribution in [2.45, 2.75) is 12.5 Å². The molecule has 82 valence electrons. The standard InChI is InChI=1S/C8H11F4NO/c1-6(8(10,11)12)7(9)13-2-4-14-5-3-13/h7H,1-5H2. The fourth-order valence-corrected chi connectivity index (χ4v) is 1.16. The Hall–Kier alpha value is -0.620. The molecule has 0 aromatic rings. The van der Waals surface area contributed by atoms with Gasteiger partial charge in [-0.2, -0.15) is 13.2 Å². The number of ether oxygens (including phenoxy) is 1. The Labute approximate surface area is 79.1 Å². The molecule has 0 spiro atoms. The zero-order valence-corrected chi connectivity index (χ0v) is 7.48. The molecule has 0 aromatic carbocycles. The zero-order chi connectivity index (χ0) is 10.8. The Bertz CT molecular complexity index is 210. The average Bonchev–Trinajstić information content (AvgIpc) is 2.15. The van der Waals surface area contributed by atoms with Gasteiger partial charge < -0.3 is 4.74 Å². The van der Waals surface area contributed by atoms with Crippen LogP contribution in [0, 0.1) is 0 Å². The van der Waals surface area contributed by atoms with E-state index in [4.69, 9.17) is 4.74 Å². The van der Waals surface area contributed by atoms with Crippen molar-refractivity contribution in [1.82, 2.24) is 4.90 Å². The molecule has 1 saturated heterocycles. The summed E-state index contributed by atoms with van der Waals surface area (Å²) in [7, 11) is 0. The SMILES string of the molecule is C=C(C(F)N1CCOCC1)C(F)(F)F. The van der Waals surface area contributed by atoms with Gasteiger partial charge in [0.15, 0.2) is 6.30 Å². The first-order valence-electron chi connectivity index (χ1n) is 4.15. The van der Waals surface area contributed by atoms with E-state index in [2.05, 4.69) is 6.58 Å². The maximum Gasteiger partial charge on any atom is 0.416 e. The predicted molar refractivity (Wildman–Crippen MR) is 42.5 cm³/mol. The second-order valence-electron chi connectivity index (χ2n) is 3.01. The molecule has 1 rings (SSSR count). The summed E-state index contributed by atoms with van der Waals surface area (Å²) in [6.45, 7) is 3.56. The van der Waals surface area contributed by atoms with E-state index in [1.807, 2.05) is 0 Å². The topological polar surface area (TPSA) is 12.5 Å². The number of hydrogen-bond donors (Lipinski definition) is 0. The van der Waals surface area contributed by atoms with Crippen LogP contribution in [-0.2, 0) is 4.74 Å².